The summed E-state index contributed by atoms with van der Waals surface area (Å²) in [6, 6.07) is 10.8. The van der Waals surface area contributed by atoms with Gasteiger partial charge >= 0.3 is 0 Å². The van der Waals surface area contributed by atoms with E-state index in [0.29, 0.717) is 54.9 Å². The van der Waals surface area contributed by atoms with Crippen molar-refractivity contribution < 1.29 is 28.5 Å². The van der Waals surface area contributed by atoms with E-state index in [1.807, 2.05) is 45.0 Å². The molecule has 1 aliphatic heterocycles. The highest BCUT2D eigenvalue weighted by atomic mass is 16.7. The molecule has 1 fully saturated rings. The number of nitrogens with one attached hydrogen (secondary N) is 1. The van der Waals surface area contributed by atoms with Crippen LogP contribution in [0.1, 0.15) is 63.8 Å². The zero-order chi connectivity index (χ0) is 24.0. The molecular weight excluding hydrogens is 422 g/mol. The minimum absolute atomic E-state index is 0.0250. The normalized spacial score (nSPS) is 19.6. The number of carbonyl (C=O) groups excluding carboxylic acids is 1. The maximum Gasteiger partial charge on any atom is 0.255 e. The Balaban J connectivity index is 1.75. The molecule has 2 atom stereocenters. The van der Waals surface area contributed by atoms with Gasteiger partial charge in [0.05, 0.1) is 32.5 Å². The third-order valence-electron chi connectivity index (χ3n) is 5.65. The van der Waals surface area contributed by atoms with Crippen LogP contribution in [0.4, 0.5) is 5.69 Å². The number of amides is 1. The van der Waals surface area contributed by atoms with Crippen molar-refractivity contribution in [2.45, 2.75) is 53.9 Å². The number of carbonyl (C=O) groups is 1. The van der Waals surface area contributed by atoms with Gasteiger partial charge in [-0.3, -0.25) is 4.79 Å². The van der Waals surface area contributed by atoms with Crippen molar-refractivity contribution in [2.24, 2.45) is 5.41 Å². The third-order valence-corrected chi connectivity index (χ3v) is 5.65. The Hall–Kier alpha value is -2.77. The second-order valence-corrected chi connectivity index (χ2v) is 8.59. The van der Waals surface area contributed by atoms with Gasteiger partial charge in [-0.25, -0.2) is 0 Å². The molecule has 180 valence electrons. The summed E-state index contributed by atoms with van der Waals surface area (Å²) in [7, 11) is 0. The lowest BCUT2D eigenvalue weighted by Crippen LogP contribution is -2.40. The monoisotopic (exact) mass is 457 g/mol. The number of rotatable bonds is 9. The largest absolute Gasteiger partial charge is 0.490 e. The summed E-state index contributed by atoms with van der Waals surface area (Å²) in [6.07, 6.45) is -0.333. The van der Waals surface area contributed by atoms with Crippen LogP contribution in [0.5, 0.6) is 17.2 Å². The standard InChI is InChI=1S/C26H35NO6/c1-7-29-21-14-19(15-22(30-8-2)23(21)31-9-3)24(28)27-20-12-10-18(11-13-20)25-32-16-26(5,6)17(4)33-25/h10-15,17,25H,7-9,16H2,1-6H3,(H,27,28)/t17-,25-/m1/s1. The maximum atomic E-state index is 13.0. The van der Waals surface area contributed by atoms with E-state index in [-0.39, 0.29) is 17.4 Å². The van der Waals surface area contributed by atoms with Crippen LogP contribution in [0.15, 0.2) is 36.4 Å². The Morgan fingerprint density at radius 2 is 1.58 bits per heavy atom. The summed E-state index contributed by atoms with van der Waals surface area (Å²) in [6.45, 7) is 13.9. The molecule has 0 aromatic heterocycles. The lowest BCUT2D eigenvalue weighted by atomic mass is 9.87. The zero-order valence-corrected chi connectivity index (χ0v) is 20.4. The highest BCUT2D eigenvalue weighted by molar-refractivity contribution is 6.05. The predicted molar refractivity (Wildman–Crippen MR) is 127 cm³/mol. The van der Waals surface area contributed by atoms with Crippen LogP contribution in [-0.2, 0) is 9.47 Å². The summed E-state index contributed by atoms with van der Waals surface area (Å²) >= 11 is 0. The summed E-state index contributed by atoms with van der Waals surface area (Å²) < 4.78 is 29.1. The first-order valence-corrected chi connectivity index (χ1v) is 11.5. The Kier molecular flexibility index (Phi) is 8.21. The van der Waals surface area contributed by atoms with E-state index in [1.165, 1.54) is 0 Å². The number of hydrogen-bond acceptors (Lipinski definition) is 6. The first-order chi connectivity index (χ1) is 15.8. The van der Waals surface area contributed by atoms with Gasteiger partial charge in [0.2, 0.25) is 5.75 Å². The molecule has 0 spiro atoms. The fraction of sp³-hybridized carbons (Fsp3) is 0.500. The van der Waals surface area contributed by atoms with E-state index < -0.39 is 6.29 Å². The van der Waals surface area contributed by atoms with E-state index in [1.54, 1.807) is 12.1 Å². The molecule has 1 heterocycles. The van der Waals surface area contributed by atoms with Gasteiger partial charge in [-0.05, 0) is 52.0 Å². The zero-order valence-electron chi connectivity index (χ0n) is 20.4. The molecule has 1 saturated heterocycles. The lowest BCUT2D eigenvalue weighted by Gasteiger charge is -2.40. The fourth-order valence-electron chi connectivity index (χ4n) is 3.44. The van der Waals surface area contributed by atoms with Gasteiger partial charge in [0, 0.05) is 22.2 Å². The highest BCUT2D eigenvalue weighted by Gasteiger charge is 2.35. The average molecular weight is 458 g/mol. The number of ether oxygens (including phenoxy) is 5. The number of anilines is 1. The molecule has 3 rings (SSSR count). The third kappa shape index (κ3) is 5.97. The van der Waals surface area contributed by atoms with Crippen LogP contribution in [-0.4, -0.2) is 38.4 Å². The fourth-order valence-corrected chi connectivity index (χ4v) is 3.44. The molecular formula is C26H35NO6. The van der Waals surface area contributed by atoms with E-state index in [4.69, 9.17) is 23.7 Å². The summed E-state index contributed by atoms with van der Waals surface area (Å²) in [4.78, 5) is 13.0. The van der Waals surface area contributed by atoms with Crippen LogP contribution < -0.4 is 19.5 Å². The van der Waals surface area contributed by atoms with Gasteiger partial charge in [-0.1, -0.05) is 26.0 Å². The number of benzene rings is 2. The van der Waals surface area contributed by atoms with Crippen LogP contribution in [0.3, 0.4) is 0 Å². The molecule has 1 N–H and O–H groups in total. The summed E-state index contributed by atoms with van der Waals surface area (Å²) in [5.41, 5.74) is 1.97. The van der Waals surface area contributed by atoms with Crippen LogP contribution >= 0.6 is 0 Å². The lowest BCUT2D eigenvalue weighted by molar-refractivity contribution is -0.259. The van der Waals surface area contributed by atoms with E-state index >= 15 is 0 Å². The molecule has 0 unspecified atom stereocenters. The minimum atomic E-state index is -0.411. The molecule has 0 radical (unpaired) electrons. The molecule has 33 heavy (non-hydrogen) atoms. The van der Waals surface area contributed by atoms with Crippen LogP contribution in [0.2, 0.25) is 0 Å². The van der Waals surface area contributed by atoms with Gasteiger partial charge in [0.1, 0.15) is 0 Å². The summed E-state index contributed by atoms with van der Waals surface area (Å²) in [5, 5.41) is 2.93. The topological polar surface area (TPSA) is 75.3 Å². The molecule has 0 saturated carbocycles. The van der Waals surface area contributed by atoms with Gasteiger partial charge in [0.15, 0.2) is 17.8 Å². The second kappa shape index (κ2) is 10.9. The molecule has 2 aromatic carbocycles. The van der Waals surface area contributed by atoms with Crippen molar-refractivity contribution >= 4 is 11.6 Å². The quantitative estimate of drug-likeness (QED) is 0.529. The van der Waals surface area contributed by atoms with Crippen molar-refractivity contribution in [1.82, 2.24) is 0 Å². The van der Waals surface area contributed by atoms with Crippen molar-refractivity contribution in [1.29, 1.82) is 0 Å². The SMILES string of the molecule is CCOc1cc(C(=O)Nc2ccc([C@@H]3OCC(C)(C)[C@@H](C)O3)cc2)cc(OCC)c1OCC. The molecule has 0 aliphatic carbocycles. The van der Waals surface area contributed by atoms with Crippen molar-refractivity contribution in [3.05, 3.63) is 47.5 Å². The van der Waals surface area contributed by atoms with Crippen molar-refractivity contribution in [3.8, 4) is 17.2 Å². The minimum Gasteiger partial charge on any atom is -0.490 e. The first kappa shape index (κ1) is 24.9. The van der Waals surface area contributed by atoms with E-state index in [9.17, 15) is 4.79 Å². The van der Waals surface area contributed by atoms with E-state index in [2.05, 4.69) is 26.1 Å². The molecule has 1 amide bonds. The molecule has 7 nitrogen and oxygen atoms in total. The Bertz CT molecular complexity index is 913. The van der Waals surface area contributed by atoms with Gasteiger partial charge < -0.3 is 29.0 Å². The summed E-state index contributed by atoms with van der Waals surface area (Å²) in [5.74, 6) is 1.20. The van der Waals surface area contributed by atoms with Gasteiger partial charge in [0.25, 0.3) is 5.91 Å². The molecule has 0 bridgehead atoms. The van der Waals surface area contributed by atoms with E-state index in [0.717, 1.165) is 5.56 Å². The van der Waals surface area contributed by atoms with Gasteiger partial charge in [-0.2, -0.15) is 0 Å². The van der Waals surface area contributed by atoms with Crippen LogP contribution in [0.25, 0.3) is 0 Å². The van der Waals surface area contributed by atoms with Gasteiger partial charge in [-0.15, -0.1) is 0 Å². The van der Waals surface area contributed by atoms with Crippen LogP contribution in [0, 0.1) is 5.41 Å². The van der Waals surface area contributed by atoms with Crippen molar-refractivity contribution in [2.75, 3.05) is 31.7 Å². The Morgan fingerprint density at radius 3 is 2.09 bits per heavy atom. The molecule has 7 heteroatoms. The molecule has 2 aromatic rings. The maximum absolute atomic E-state index is 13.0. The Morgan fingerprint density at radius 1 is 1.00 bits per heavy atom. The average Bonchev–Trinajstić information content (AvgIpc) is 2.78. The highest BCUT2D eigenvalue weighted by Crippen LogP contribution is 2.39. The molecule has 1 aliphatic rings. The smallest absolute Gasteiger partial charge is 0.255 e. The van der Waals surface area contributed by atoms with Crippen molar-refractivity contribution in [3.63, 3.8) is 0 Å². The Labute approximate surface area is 196 Å². The predicted octanol–water partition coefficient (Wildman–Crippen LogP) is 5.60. The first-order valence-electron chi connectivity index (χ1n) is 11.5. The second-order valence-electron chi connectivity index (χ2n) is 8.59. The number of hydrogen-bond donors (Lipinski definition) is 1.